The van der Waals surface area contributed by atoms with Crippen molar-refractivity contribution in [2.75, 3.05) is 39.2 Å². The van der Waals surface area contributed by atoms with E-state index in [-0.39, 0.29) is 88.1 Å². The van der Waals surface area contributed by atoms with Gasteiger partial charge < -0.3 is 24.7 Å². The molecule has 0 unspecified atom stereocenters. The summed E-state index contributed by atoms with van der Waals surface area (Å²) >= 11 is 12.2. The predicted octanol–water partition coefficient (Wildman–Crippen LogP) is 9.34. The van der Waals surface area contributed by atoms with Gasteiger partial charge in [-0.3, -0.25) is 4.18 Å². The summed E-state index contributed by atoms with van der Waals surface area (Å²) in [5.41, 5.74) is 7.11. The normalized spacial score (nSPS) is 19.0. The topological polar surface area (TPSA) is 237 Å². The number of ether oxygens (including phenoxy) is 2. The smallest absolute Gasteiger partial charge is 0.296 e. The molecular weight excluding hydrogens is 999 g/mol. The quantitative estimate of drug-likeness (QED) is 0.0668. The summed E-state index contributed by atoms with van der Waals surface area (Å²) in [6.45, 7) is 3.89. The first-order valence-electron chi connectivity index (χ1n) is 24.1. The molecule has 0 radical (unpaired) electrons. The summed E-state index contributed by atoms with van der Waals surface area (Å²) in [4.78, 5) is 3.42. The maximum absolute atomic E-state index is 13.7. The zero-order chi connectivity index (χ0) is 57.2. The second-order valence-corrected chi connectivity index (χ2v) is 25.4. The number of nitrogens with two attached hydrogens (primary N) is 1. The van der Waals surface area contributed by atoms with E-state index >= 15 is 0 Å². The van der Waals surface area contributed by atoms with Crippen molar-refractivity contribution in [2.24, 2.45) is 0 Å². The lowest BCUT2D eigenvalue weighted by molar-refractivity contribution is 0.0788. The number of oxazole rings is 1. The molecule has 0 spiro atoms. The van der Waals surface area contributed by atoms with Crippen molar-refractivity contribution in [3.63, 3.8) is 0 Å². The third kappa shape index (κ3) is 12.8. The molecule has 3 heterocycles. The molecule has 1 aromatic heterocycles. The fourth-order valence-corrected chi connectivity index (χ4v) is 12.0. The van der Waals surface area contributed by atoms with E-state index in [9.17, 15) is 38.8 Å². The van der Waals surface area contributed by atoms with E-state index in [2.05, 4.69) is 9.17 Å². The largest absolute Gasteiger partial charge is 0.504 e. The Labute approximate surface area is 414 Å². The number of nitrogens with zero attached hydrogens (tertiary/aromatic N) is 1. The molecule has 0 amide bonds. The second-order valence-electron chi connectivity index (χ2n) is 16.1. The molecule has 66 heavy (non-hydrogen) atoms. The van der Waals surface area contributed by atoms with Crippen LogP contribution in [-0.2, 0) is 57.9 Å². The number of aryl methyl sites for hydroxylation is 2. The fraction of sp³-hybridized carbons (Fsp3) is 0.432. The average Bonchev–Trinajstić information content (AvgIpc) is 3.72. The summed E-state index contributed by atoms with van der Waals surface area (Å²) < 4.78 is 181. The Morgan fingerprint density at radius 3 is 1.58 bits per heavy atom. The third-order valence-corrected chi connectivity index (χ3v) is 18.2. The average molecular weight is 1060 g/mol. The lowest BCUT2D eigenvalue weighted by Crippen LogP contribution is -2.41. The van der Waals surface area contributed by atoms with E-state index in [0.717, 1.165) is 11.1 Å². The minimum absolute atomic E-state index is 0.00167. The number of phenolic OH excluding ortho intramolecular Hbond substituents is 1. The SMILES string of the molecule is Cc1ccc(S(=O)(=O)Cl)cc1.[2H]C([2H])([2H])C1(S(=O)(=O)c2c(Cl)ccc(N)c2O)CCOCC1.[2H]C([2H])([2H])C1(S(=O)(=O)c2c(Cl)ccc3nc(C(C)(C)C)oc23)CCOCC1.[2H]C([2H])([2H])OS(=O)(=O)c1ccc(C)cc1. The van der Waals surface area contributed by atoms with E-state index in [0.29, 0.717) is 11.4 Å². The molecule has 0 aliphatic carbocycles. The summed E-state index contributed by atoms with van der Waals surface area (Å²) in [5.74, 6) is -0.367. The molecular formula is C44H55Cl3N2O13S4. The van der Waals surface area contributed by atoms with E-state index in [1.807, 2.05) is 27.7 Å². The Kier molecular flexibility index (Phi) is 13.8. The van der Waals surface area contributed by atoms with E-state index in [1.165, 1.54) is 42.5 Å². The van der Waals surface area contributed by atoms with Gasteiger partial charge in [-0.05, 0) is 102 Å². The number of fused-ring (bicyclic) bond motifs is 1. The maximum Gasteiger partial charge on any atom is 0.296 e. The molecule has 3 N–H and O–H groups in total. The van der Waals surface area contributed by atoms with Gasteiger partial charge in [0.15, 0.2) is 31.0 Å². The summed E-state index contributed by atoms with van der Waals surface area (Å²) in [5, 5.41) is 9.68. The van der Waals surface area contributed by atoms with Gasteiger partial charge in [0.2, 0.25) is 5.89 Å². The van der Waals surface area contributed by atoms with E-state index in [4.69, 9.17) is 65.8 Å². The number of aromatic hydroxyl groups is 1. The van der Waals surface area contributed by atoms with Gasteiger partial charge in [-0.15, -0.1) is 0 Å². The monoisotopic (exact) mass is 1060 g/mol. The number of halogens is 3. The van der Waals surface area contributed by atoms with Crippen molar-refractivity contribution >= 4 is 89.5 Å². The molecule has 0 bridgehead atoms. The van der Waals surface area contributed by atoms with Crippen molar-refractivity contribution in [1.29, 1.82) is 0 Å². The van der Waals surface area contributed by atoms with E-state index in [1.54, 1.807) is 37.3 Å². The standard InChI is InChI=1S/C17H22ClNO4S.C12H16ClNO4S.C8H10O3S.C7H7ClO2S/c1-16(2,3)15-19-12-6-5-11(18)14(13(12)23-15)24(20,21)17(4)7-9-22-10-8-17;1-12(4-6-18-7-5-12)19(16,17)11-8(13)2-3-9(14)10(11)15;1-7-3-5-8(6-4-7)12(9,10)11-2;1-6-2-4-7(5-3-6)11(8,9)10/h5-6H,7-10H2,1-4H3;2-3,15H,4-7,14H2,1H3;3-6H,1-2H3;2-5H,1H3/i4D3;1D3;2D3;. The lowest BCUT2D eigenvalue weighted by atomic mass is 9.97. The minimum atomic E-state index is -4.47. The number of anilines is 1. The number of rotatable bonds is 7. The van der Waals surface area contributed by atoms with Crippen LogP contribution in [0.2, 0.25) is 10.0 Å². The first-order chi connectivity index (χ1) is 34.1. The molecule has 4 aromatic carbocycles. The highest BCUT2D eigenvalue weighted by Crippen LogP contribution is 2.44. The highest BCUT2D eigenvalue weighted by Gasteiger charge is 2.45. The van der Waals surface area contributed by atoms with Gasteiger partial charge in [0, 0.05) is 50.7 Å². The molecule has 2 aliphatic rings. The van der Waals surface area contributed by atoms with Gasteiger partial charge in [-0.25, -0.2) is 30.2 Å². The number of sulfone groups is 2. The van der Waals surface area contributed by atoms with Crippen LogP contribution in [-0.4, -0.2) is 86.7 Å². The molecule has 22 heteroatoms. The Morgan fingerprint density at radius 2 is 1.14 bits per heavy atom. The number of phenols is 1. The number of benzene rings is 4. The van der Waals surface area contributed by atoms with Crippen LogP contribution in [0.4, 0.5) is 5.69 Å². The van der Waals surface area contributed by atoms with Crippen LogP contribution in [0.1, 0.15) is 89.5 Å². The van der Waals surface area contributed by atoms with E-state index < -0.39 is 85.1 Å². The Balaban J connectivity index is 0.000000228. The molecule has 7 rings (SSSR count). The second kappa shape index (κ2) is 21.4. The first-order valence-corrected chi connectivity index (χ1v) is 27.1. The van der Waals surface area contributed by atoms with Gasteiger partial charge >= 0.3 is 0 Å². The zero-order valence-electron chi connectivity index (χ0n) is 45.2. The fourth-order valence-electron chi connectivity index (χ4n) is 6.12. The summed E-state index contributed by atoms with van der Waals surface area (Å²) in [6, 6.07) is 17.6. The van der Waals surface area contributed by atoms with Crippen molar-refractivity contribution < 1.29 is 69.2 Å². The number of aromatic nitrogens is 1. The van der Waals surface area contributed by atoms with Gasteiger partial charge in [0.1, 0.15) is 15.3 Å². The number of hydrogen-bond donors (Lipinski definition) is 2. The highest BCUT2D eigenvalue weighted by atomic mass is 35.7. The van der Waals surface area contributed by atoms with Crippen LogP contribution >= 0.6 is 33.9 Å². The van der Waals surface area contributed by atoms with Crippen molar-refractivity contribution in [2.45, 2.75) is 108 Å². The van der Waals surface area contributed by atoms with Crippen molar-refractivity contribution in [3.05, 3.63) is 99.9 Å². The summed E-state index contributed by atoms with van der Waals surface area (Å²) in [7, 11) is -14.5. The highest BCUT2D eigenvalue weighted by molar-refractivity contribution is 8.13. The van der Waals surface area contributed by atoms with Gasteiger partial charge in [0.05, 0.1) is 46.2 Å². The van der Waals surface area contributed by atoms with Crippen LogP contribution in [0.5, 0.6) is 5.75 Å². The molecule has 0 atom stereocenters. The van der Waals surface area contributed by atoms with Gasteiger partial charge in [-0.1, -0.05) is 79.4 Å². The lowest BCUT2D eigenvalue weighted by Gasteiger charge is -2.33. The molecule has 2 fully saturated rings. The number of nitrogen functional groups attached to an aromatic ring is 1. The summed E-state index contributed by atoms with van der Waals surface area (Å²) in [6.07, 6.45) is -0.704. The zero-order valence-corrected chi connectivity index (χ0v) is 41.8. The van der Waals surface area contributed by atoms with Crippen LogP contribution in [0.15, 0.2) is 96.8 Å². The first kappa shape index (κ1) is 42.6. The Hall–Kier alpha value is -3.50. The molecule has 2 saturated heterocycles. The van der Waals surface area contributed by atoms with Crippen LogP contribution < -0.4 is 5.73 Å². The Bertz CT molecular complexity index is 3290. The molecule has 2 aliphatic heterocycles. The predicted molar refractivity (Wildman–Crippen MR) is 256 cm³/mol. The molecule has 5 aromatic rings. The third-order valence-electron chi connectivity index (χ3n) is 10.1. The Morgan fingerprint density at radius 1 is 0.697 bits per heavy atom. The number of hydrogen-bond acceptors (Lipinski definition) is 15. The molecule has 364 valence electrons. The van der Waals surface area contributed by atoms with Crippen LogP contribution in [0.3, 0.4) is 0 Å². The minimum Gasteiger partial charge on any atom is -0.504 e. The molecule has 15 nitrogen and oxygen atoms in total. The molecule has 0 saturated carbocycles. The van der Waals surface area contributed by atoms with Crippen molar-refractivity contribution in [3.8, 4) is 5.75 Å². The van der Waals surface area contributed by atoms with Gasteiger partial charge in [-0.2, -0.15) is 8.42 Å². The van der Waals surface area contributed by atoms with Crippen molar-refractivity contribution in [1.82, 2.24) is 4.98 Å². The van der Waals surface area contributed by atoms with Crippen LogP contribution in [0, 0.1) is 13.8 Å². The van der Waals surface area contributed by atoms with Crippen LogP contribution in [0.25, 0.3) is 11.1 Å². The van der Waals surface area contributed by atoms with Gasteiger partial charge in [0.25, 0.3) is 19.2 Å². The maximum atomic E-state index is 13.7.